The third-order valence-electron chi connectivity index (χ3n) is 14.0. The van der Waals surface area contributed by atoms with Crippen LogP contribution in [0.25, 0.3) is 0 Å². The Balaban J connectivity index is 5.26. The van der Waals surface area contributed by atoms with Gasteiger partial charge in [-0.2, -0.15) is 0 Å². The third kappa shape index (κ3) is 59.4. The summed E-state index contributed by atoms with van der Waals surface area (Å²) in [5.74, 6) is -0.527. The maximum atomic E-state index is 13.6. The molecular weight excluding hydrogens is 1000 g/mol. The second-order valence-electron chi connectivity index (χ2n) is 22.9. The first-order valence-corrected chi connectivity index (χ1v) is 34.1. The van der Waals surface area contributed by atoms with Crippen molar-refractivity contribution in [3.05, 3.63) is 97.2 Å². The predicted octanol–water partition coefficient (Wildman–Crippen LogP) is 20.3. The van der Waals surface area contributed by atoms with Gasteiger partial charge >= 0.3 is 13.8 Å². The Morgan fingerprint density at radius 1 is 0.456 bits per heavy atom. The van der Waals surface area contributed by atoms with E-state index in [1.807, 2.05) is 33.3 Å². The van der Waals surface area contributed by atoms with Crippen molar-refractivity contribution < 1.29 is 37.3 Å². The molecule has 3 unspecified atom stereocenters. The average Bonchev–Trinajstić information content (AvgIpc) is 3.41. The summed E-state index contributed by atoms with van der Waals surface area (Å²) in [5.41, 5.74) is 0. The molecule has 0 heterocycles. The van der Waals surface area contributed by atoms with Crippen molar-refractivity contribution in [2.24, 2.45) is 0 Å². The van der Waals surface area contributed by atoms with Gasteiger partial charge in [-0.1, -0.05) is 253 Å². The van der Waals surface area contributed by atoms with Gasteiger partial charge in [-0.25, -0.2) is 4.57 Å². The van der Waals surface area contributed by atoms with E-state index in [0.29, 0.717) is 17.4 Å². The van der Waals surface area contributed by atoms with Gasteiger partial charge in [0.2, 0.25) is 5.91 Å². The molecule has 0 aliphatic heterocycles. The minimum Gasteiger partial charge on any atom is -0.456 e. The highest BCUT2D eigenvalue weighted by molar-refractivity contribution is 7.47. The maximum absolute atomic E-state index is 13.6. The molecule has 0 saturated carbocycles. The first-order valence-electron chi connectivity index (χ1n) is 32.6. The number of phosphoric ester groups is 1. The molecule has 9 nitrogen and oxygen atoms in total. The van der Waals surface area contributed by atoms with Gasteiger partial charge in [-0.3, -0.25) is 18.6 Å². The average molecular weight is 1120 g/mol. The maximum Gasteiger partial charge on any atom is 0.472 e. The number of nitrogens with zero attached hydrogens (tertiary/aromatic N) is 1. The van der Waals surface area contributed by atoms with E-state index in [-0.39, 0.29) is 31.5 Å². The largest absolute Gasteiger partial charge is 0.472 e. The number of hydrogen-bond acceptors (Lipinski definition) is 6. The smallest absolute Gasteiger partial charge is 0.456 e. The number of amides is 1. The van der Waals surface area contributed by atoms with Gasteiger partial charge in [0.1, 0.15) is 19.3 Å². The normalized spacial score (nSPS) is 14.3. The van der Waals surface area contributed by atoms with Gasteiger partial charge < -0.3 is 19.4 Å². The molecule has 0 rings (SSSR count). The lowest BCUT2D eigenvalue weighted by Gasteiger charge is -2.27. The zero-order valence-corrected chi connectivity index (χ0v) is 53.0. The summed E-state index contributed by atoms with van der Waals surface area (Å²) in [5, 5.41) is 3.06. The van der Waals surface area contributed by atoms with Crippen molar-refractivity contribution in [3.8, 4) is 0 Å². The molecule has 79 heavy (non-hydrogen) atoms. The van der Waals surface area contributed by atoms with Crippen LogP contribution in [-0.2, 0) is 27.9 Å². The highest BCUT2D eigenvalue weighted by Gasteiger charge is 2.30. The fourth-order valence-corrected chi connectivity index (χ4v) is 9.73. The molecule has 0 aliphatic carbocycles. The van der Waals surface area contributed by atoms with Crippen molar-refractivity contribution in [1.82, 2.24) is 5.32 Å². The lowest BCUT2D eigenvalue weighted by atomic mass is 10.0. The topological polar surface area (TPSA) is 111 Å². The highest BCUT2D eigenvalue weighted by Crippen LogP contribution is 2.43. The summed E-state index contributed by atoms with van der Waals surface area (Å²) in [6, 6.07) is -0.864. The van der Waals surface area contributed by atoms with Crippen molar-refractivity contribution in [1.29, 1.82) is 0 Å². The quantitative estimate of drug-likeness (QED) is 0.0205. The summed E-state index contributed by atoms with van der Waals surface area (Å²) in [6.45, 7) is 6.87. The predicted molar refractivity (Wildman–Crippen MR) is 341 cm³/mol. The number of quaternary nitrogens is 1. The zero-order valence-electron chi connectivity index (χ0n) is 52.1. The highest BCUT2D eigenvalue weighted by atomic mass is 31.2. The second-order valence-corrected chi connectivity index (χ2v) is 24.4. The monoisotopic (exact) mass is 1120 g/mol. The van der Waals surface area contributed by atoms with Gasteiger partial charge in [0, 0.05) is 12.8 Å². The Morgan fingerprint density at radius 2 is 0.810 bits per heavy atom. The van der Waals surface area contributed by atoms with Gasteiger partial charge in [-0.05, 0) is 109 Å². The van der Waals surface area contributed by atoms with Gasteiger partial charge in [0.05, 0.1) is 33.8 Å². The minimum absolute atomic E-state index is 0.0323. The first kappa shape index (κ1) is 75.9. The number of phosphoric acid groups is 1. The van der Waals surface area contributed by atoms with E-state index >= 15 is 0 Å². The van der Waals surface area contributed by atoms with Crippen molar-refractivity contribution >= 4 is 19.7 Å². The number of esters is 1. The van der Waals surface area contributed by atoms with Crippen LogP contribution in [0.4, 0.5) is 0 Å². The lowest BCUT2D eigenvalue weighted by Crippen LogP contribution is -2.47. The van der Waals surface area contributed by atoms with Crippen LogP contribution >= 0.6 is 7.82 Å². The summed E-state index contributed by atoms with van der Waals surface area (Å²) in [7, 11) is 1.47. The molecule has 1 amide bonds. The Kier molecular flexibility index (Phi) is 55.9. The lowest BCUT2D eigenvalue weighted by molar-refractivity contribution is -0.870. The molecule has 0 radical (unpaired) electrons. The van der Waals surface area contributed by atoms with E-state index in [9.17, 15) is 19.0 Å². The summed E-state index contributed by atoms with van der Waals surface area (Å²) >= 11 is 0. The van der Waals surface area contributed by atoms with Crippen molar-refractivity contribution in [2.45, 2.75) is 290 Å². The Labute approximate surface area is 488 Å². The minimum atomic E-state index is -4.46. The fourth-order valence-electron chi connectivity index (χ4n) is 9.00. The van der Waals surface area contributed by atoms with E-state index in [4.69, 9.17) is 13.8 Å². The number of ether oxygens (including phenoxy) is 1. The van der Waals surface area contributed by atoms with Crippen LogP contribution in [0.3, 0.4) is 0 Å². The van der Waals surface area contributed by atoms with E-state index in [1.165, 1.54) is 122 Å². The van der Waals surface area contributed by atoms with E-state index in [1.54, 1.807) is 0 Å². The Bertz CT molecular complexity index is 1670. The number of carbonyl (C=O) groups excluding carboxylic acids is 2. The van der Waals surface area contributed by atoms with Crippen LogP contribution in [0.2, 0.25) is 0 Å². The molecular formula is C69H124N2O7P+. The Morgan fingerprint density at radius 3 is 1.24 bits per heavy atom. The number of rotatable bonds is 58. The van der Waals surface area contributed by atoms with Crippen molar-refractivity contribution in [3.63, 3.8) is 0 Å². The molecule has 0 saturated heterocycles. The molecule has 0 aromatic carbocycles. The van der Waals surface area contributed by atoms with E-state index in [2.05, 4.69) is 111 Å². The molecule has 2 N–H and O–H groups in total. The molecule has 0 aliphatic rings. The molecule has 0 fully saturated rings. The number of hydrogen-bond donors (Lipinski definition) is 2. The second kappa shape index (κ2) is 58.1. The summed E-state index contributed by atoms with van der Waals surface area (Å²) in [6.07, 6.45) is 78.3. The SMILES string of the molecule is CC/C=C\C/C=C\C/C=C\C/C=C\C/C=C\CCCCCCCCCC(=O)NC(COP(=O)(O)OCC[N+](C)(C)C)C(/C=C\CCCCCCCCCCCCC)OC(=O)CCCCCCCCC/C=C\C/C=C\CCCCC. The Hall–Kier alpha value is -3.07. The molecule has 0 aromatic heterocycles. The third-order valence-corrected chi connectivity index (χ3v) is 15.0. The first-order chi connectivity index (χ1) is 38.4. The standard InChI is InChI=1S/C69H123N2O7P/c1-7-10-13-16-19-22-25-28-30-32-33-34-35-36-37-39-40-43-46-49-52-55-58-61-68(72)70-66(65-77-79(74,75)76-64-63-71(4,5)6)67(60-57-54-51-48-45-42-27-24-21-18-15-12-9-3)78-69(73)62-59-56-53-50-47-44-41-38-31-29-26-23-20-17-14-11-8-2/h10,13,19-20,22-23,28-31,33-34,36-37,57,60,66-67H,7-9,11-12,14-18,21,24-27,32,35,38-56,58-59,61-65H2,1-6H3,(H-,70,72,74,75)/p+1/b13-10-,22-19-,23-20-,30-28-,31-29-,34-33-,37-36-,60-57-. The molecule has 0 aromatic rings. The zero-order chi connectivity index (χ0) is 57.9. The summed E-state index contributed by atoms with van der Waals surface area (Å²) in [4.78, 5) is 37.8. The number of nitrogens with one attached hydrogen (secondary N) is 1. The summed E-state index contributed by atoms with van der Waals surface area (Å²) < 4.78 is 30.7. The fraction of sp³-hybridized carbons (Fsp3) is 0.739. The van der Waals surface area contributed by atoms with Gasteiger partial charge in [-0.15, -0.1) is 0 Å². The number of carbonyl (C=O) groups is 2. The molecule has 10 heteroatoms. The number of likely N-dealkylation sites (N-methyl/N-ethyl adjacent to an activating group) is 1. The van der Waals surface area contributed by atoms with Crippen LogP contribution in [0.15, 0.2) is 97.2 Å². The van der Waals surface area contributed by atoms with Crippen LogP contribution in [0.5, 0.6) is 0 Å². The molecule has 0 bridgehead atoms. The van der Waals surface area contributed by atoms with Gasteiger partial charge in [0.15, 0.2) is 0 Å². The molecule has 456 valence electrons. The molecule has 0 spiro atoms. The van der Waals surface area contributed by atoms with Crippen molar-refractivity contribution in [2.75, 3.05) is 40.9 Å². The van der Waals surface area contributed by atoms with Crippen LogP contribution in [0, 0.1) is 0 Å². The van der Waals surface area contributed by atoms with Crippen LogP contribution in [-0.4, -0.2) is 74.3 Å². The van der Waals surface area contributed by atoms with Crippen LogP contribution in [0.1, 0.15) is 278 Å². The van der Waals surface area contributed by atoms with E-state index in [0.717, 1.165) is 122 Å². The molecule has 3 atom stereocenters. The van der Waals surface area contributed by atoms with Gasteiger partial charge in [0.25, 0.3) is 0 Å². The number of unbranched alkanes of at least 4 members (excludes halogenated alkanes) is 28. The van der Waals surface area contributed by atoms with Crippen LogP contribution < -0.4 is 5.32 Å². The number of allylic oxidation sites excluding steroid dienone is 15. The van der Waals surface area contributed by atoms with E-state index < -0.39 is 20.0 Å².